The molecule has 132 valence electrons. The van der Waals surface area contributed by atoms with E-state index < -0.39 is 0 Å². The first-order valence-corrected chi connectivity index (χ1v) is 9.44. The summed E-state index contributed by atoms with van der Waals surface area (Å²) < 4.78 is 6.73. The molecular formula is C22H28N2O. The zero-order valence-corrected chi connectivity index (χ0v) is 15.1. The van der Waals surface area contributed by atoms with E-state index in [9.17, 15) is 0 Å². The molecule has 2 aliphatic rings. The predicted octanol–water partition coefficient (Wildman–Crippen LogP) is 3.69. The smallest absolute Gasteiger partial charge is 0.0960 e. The molecule has 4 rings (SSSR count). The Balaban J connectivity index is 1.57. The predicted molar refractivity (Wildman–Crippen MR) is 102 cm³/mol. The van der Waals surface area contributed by atoms with E-state index in [0.29, 0.717) is 0 Å². The van der Waals surface area contributed by atoms with Crippen molar-refractivity contribution in [2.45, 2.75) is 38.0 Å². The van der Waals surface area contributed by atoms with Gasteiger partial charge in [0.05, 0.1) is 11.7 Å². The van der Waals surface area contributed by atoms with Crippen LogP contribution in [0.25, 0.3) is 0 Å². The molecule has 2 saturated heterocycles. The number of hydrogen-bond donors (Lipinski definition) is 1. The minimum atomic E-state index is -0.00612. The van der Waals surface area contributed by atoms with E-state index in [2.05, 4.69) is 71.7 Å². The van der Waals surface area contributed by atoms with Crippen LogP contribution in [-0.2, 0) is 11.3 Å². The molecule has 2 aromatic rings. The minimum absolute atomic E-state index is 0.00612. The summed E-state index contributed by atoms with van der Waals surface area (Å²) >= 11 is 0. The van der Waals surface area contributed by atoms with Crippen LogP contribution in [0.2, 0.25) is 0 Å². The Kier molecular flexibility index (Phi) is 4.89. The summed E-state index contributed by atoms with van der Waals surface area (Å²) in [6.07, 6.45) is 2.36. The van der Waals surface area contributed by atoms with Gasteiger partial charge in [-0.1, -0.05) is 60.2 Å². The van der Waals surface area contributed by atoms with Crippen LogP contribution in [0.5, 0.6) is 0 Å². The first kappa shape index (κ1) is 16.8. The average molecular weight is 336 g/mol. The highest BCUT2D eigenvalue weighted by atomic mass is 16.5. The van der Waals surface area contributed by atoms with E-state index in [1.54, 1.807) is 0 Å². The Morgan fingerprint density at radius 2 is 1.76 bits per heavy atom. The number of nitrogens with one attached hydrogen (secondary N) is 1. The van der Waals surface area contributed by atoms with Crippen molar-refractivity contribution in [3.63, 3.8) is 0 Å². The molecular weight excluding hydrogens is 308 g/mol. The summed E-state index contributed by atoms with van der Waals surface area (Å²) in [5, 5.41) is 3.48. The molecule has 1 spiro atoms. The zero-order chi connectivity index (χ0) is 17.1. The molecule has 0 amide bonds. The van der Waals surface area contributed by atoms with Gasteiger partial charge in [-0.3, -0.25) is 4.90 Å². The van der Waals surface area contributed by atoms with E-state index in [4.69, 9.17) is 4.74 Å². The third-order valence-electron chi connectivity index (χ3n) is 5.54. The number of aryl methyl sites for hydroxylation is 1. The van der Waals surface area contributed by atoms with E-state index in [-0.39, 0.29) is 11.7 Å². The number of ether oxygens (including phenoxy) is 1. The van der Waals surface area contributed by atoms with Gasteiger partial charge in [-0.05, 0) is 44.0 Å². The molecule has 3 heteroatoms. The number of nitrogens with zero attached hydrogens (tertiary/aromatic N) is 1. The van der Waals surface area contributed by atoms with Crippen LogP contribution in [0.4, 0.5) is 0 Å². The van der Waals surface area contributed by atoms with Gasteiger partial charge in [-0.15, -0.1) is 0 Å². The minimum Gasteiger partial charge on any atom is -0.364 e. The Bertz CT molecular complexity index is 677. The molecule has 0 aromatic heterocycles. The van der Waals surface area contributed by atoms with E-state index in [0.717, 1.165) is 45.6 Å². The molecule has 0 aliphatic carbocycles. The van der Waals surface area contributed by atoms with Gasteiger partial charge in [0.15, 0.2) is 0 Å². The second-order valence-electron chi connectivity index (χ2n) is 7.61. The van der Waals surface area contributed by atoms with Gasteiger partial charge in [-0.25, -0.2) is 0 Å². The van der Waals surface area contributed by atoms with Gasteiger partial charge in [0, 0.05) is 19.6 Å². The fraction of sp³-hybridized carbons (Fsp3) is 0.455. The van der Waals surface area contributed by atoms with Crippen LogP contribution in [0, 0.1) is 6.92 Å². The molecule has 2 aliphatic heterocycles. The second-order valence-corrected chi connectivity index (χ2v) is 7.61. The highest BCUT2D eigenvalue weighted by Crippen LogP contribution is 2.37. The quantitative estimate of drug-likeness (QED) is 0.925. The maximum atomic E-state index is 6.73. The summed E-state index contributed by atoms with van der Waals surface area (Å²) in [5.74, 6) is 0. The van der Waals surface area contributed by atoms with E-state index in [1.807, 2.05) is 0 Å². The largest absolute Gasteiger partial charge is 0.364 e. The lowest BCUT2D eigenvalue weighted by molar-refractivity contribution is -0.171. The molecule has 0 bridgehead atoms. The molecule has 1 atom stereocenters. The highest BCUT2D eigenvalue weighted by Gasteiger charge is 2.41. The van der Waals surface area contributed by atoms with Crippen LogP contribution in [0.1, 0.15) is 35.6 Å². The van der Waals surface area contributed by atoms with E-state index in [1.165, 1.54) is 16.7 Å². The van der Waals surface area contributed by atoms with Gasteiger partial charge in [0.25, 0.3) is 0 Å². The maximum absolute atomic E-state index is 6.73. The number of piperidine rings is 1. The van der Waals surface area contributed by atoms with Gasteiger partial charge in [0.2, 0.25) is 0 Å². The average Bonchev–Trinajstić information content (AvgIpc) is 2.63. The Labute approximate surface area is 151 Å². The van der Waals surface area contributed by atoms with Crippen molar-refractivity contribution >= 4 is 0 Å². The van der Waals surface area contributed by atoms with Crippen molar-refractivity contribution in [1.82, 2.24) is 10.2 Å². The number of benzene rings is 2. The molecule has 1 N–H and O–H groups in total. The summed E-state index contributed by atoms with van der Waals surface area (Å²) in [7, 11) is 0. The summed E-state index contributed by atoms with van der Waals surface area (Å²) in [6, 6.07) is 19.7. The van der Waals surface area contributed by atoms with Crippen LogP contribution in [0.3, 0.4) is 0 Å². The van der Waals surface area contributed by atoms with Crippen molar-refractivity contribution < 1.29 is 4.74 Å². The topological polar surface area (TPSA) is 24.5 Å². The third-order valence-corrected chi connectivity index (χ3v) is 5.54. The SMILES string of the molecule is Cc1ccc([C@@H]2CN(Cc3ccccc3)CC3(CCNCC3)O2)cc1. The Morgan fingerprint density at radius 1 is 1.04 bits per heavy atom. The van der Waals surface area contributed by atoms with Crippen LogP contribution in [0.15, 0.2) is 54.6 Å². The van der Waals surface area contributed by atoms with Crippen LogP contribution < -0.4 is 5.32 Å². The number of rotatable bonds is 3. The maximum Gasteiger partial charge on any atom is 0.0960 e. The first-order valence-electron chi connectivity index (χ1n) is 9.44. The molecule has 0 radical (unpaired) electrons. The van der Waals surface area contributed by atoms with Crippen molar-refractivity contribution in [3.05, 3.63) is 71.3 Å². The van der Waals surface area contributed by atoms with Crippen molar-refractivity contribution in [1.29, 1.82) is 0 Å². The van der Waals surface area contributed by atoms with Gasteiger partial charge in [0.1, 0.15) is 0 Å². The first-order chi connectivity index (χ1) is 12.2. The fourth-order valence-electron chi connectivity index (χ4n) is 4.16. The fourth-order valence-corrected chi connectivity index (χ4v) is 4.16. The number of morpholine rings is 1. The van der Waals surface area contributed by atoms with Gasteiger partial charge < -0.3 is 10.1 Å². The lowest BCUT2D eigenvalue weighted by Crippen LogP contribution is -2.56. The molecule has 0 saturated carbocycles. The van der Waals surface area contributed by atoms with Crippen LogP contribution in [-0.4, -0.2) is 36.7 Å². The van der Waals surface area contributed by atoms with Crippen molar-refractivity contribution in [2.24, 2.45) is 0 Å². The molecule has 2 aromatic carbocycles. The Hall–Kier alpha value is -1.68. The number of hydrogen-bond acceptors (Lipinski definition) is 3. The van der Waals surface area contributed by atoms with Crippen LogP contribution >= 0.6 is 0 Å². The molecule has 3 nitrogen and oxygen atoms in total. The van der Waals surface area contributed by atoms with Gasteiger partial charge in [-0.2, -0.15) is 0 Å². The molecule has 0 unspecified atom stereocenters. The summed E-state index contributed by atoms with van der Waals surface area (Å²) in [4.78, 5) is 2.59. The van der Waals surface area contributed by atoms with Gasteiger partial charge >= 0.3 is 0 Å². The molecule has 2 heterocycles. The lowest BCUT2D eigenvalue weighted by atomic mass is 9.88. The van der Waals surface area contributed by atoms with Crippen molar-refractivity contribution in [2.75, 3.05) is 26.2 Å². The van der Waals surface area contributed by atoms with Crippen molar-refractivity contribution in [3.8, 4) is 0 Å². The molecule has 2 fully saturated rings. The zero-order valence-electron chi connectivity index (χ0n) is 15.1. The standard InChI is InChI=1S/C22H28N2O/c1-18-7-9-20(10-8-18)21-16-24(15-19-5-3-2-4-6-19)17-22(25-21)11-13-23-14-12-22/h2-10,21,23H,11-17H2,1H3/t21-/m0/s1. The highest BCUT2D eigenvalue weighted by molar-refractivity contribution is 5.24. The normalized spacial score (nSPS) is 23.6. The van der Waals surface area contributed by atoms with E-state index >= 15 is 0 Å². The third kappa shape index (κ3) is 3.95. The summed E-state index contributed by atoms with van der Waals surface area (Å²) in [6.45, 7) is 7.25. The molecule has 25 heavy (non-hydrogen) atoms. The summed E-state index contributed by atoms with van der Waals surface area (Å²) in [5.41, 5.74) is 3.99. The Morgan fingerprint density at radius 3 is 2.48 bits per heavy atom. The second kappa shape index (κ2) is 7.28. The lowest BCUT2D eigenvalue weighted by Gasteiger charge is -2.48. The monoisotopic (exact) mass is 336 g/mol.